The molecule has 22 heavy (non-hydrogen) atoms. The van der Waals surface area contributed by atoms with Gasteiger partial charge in [-0.05, 0) is 42.9 Å². The lowest BCUT2D eigenvalue weighted by molar-refractivity contribution is 0.0376. The lowest BCUT2D eigenvalue weighted by Gasteiger charge is -2.26. The summed E-state index contributed by atoms with van der Waals surface area (Å²) in [5, 5.41) is 8.45. The minimum absolute atomic E-state index is 0.528. The maximum Gasteiger partial charge on any atom is 0.186 e. The first kappa shape index (κ1) is 17.1. The molecule has 1 aliphatic heterocycles. The molecule has 7 heteroatoms. The van der Waals surface area contributed by atoms with E-state index in [4.69, 9.17) is 28.6 Å². The van der Waals surface area contributed by atoms with Crippen molar-refractivity contribution in [1.29, 1.82) is 0 Å². The Labute approximate surface area is 141 Å². The SMILES string of the molecule is S=C(NCCCN1CCOCC1)N/N=C\c1cccc(Cl)c1. The van der Waals surface area contributed by atoms with E-state index in [2.05, 4.69) is 20.7 Å². The molecule has 1 aromatic rings. The molecule has 0 aliphatic carbocycles. The van der Waals surface area contributed by atoms with Gasteiger partial charge in [-0.15, -0.1) is 0 Å². The van der Waals surface area contributed by atoms with Gasteiger partial charge in [0.2, 0.25) is 0 Å². The summed E-state index contributed by atoms with van der Waals surface area (Å²) >= 11 is 11.1. The van der Waals surface area contributed by atoms with E-state index in [9.17, 15) is 0 Å². The van der Waals surface area contributed by atoms with Crippen LogP contribution >= 0.6 is 23.8 Å². The highest BCUT2D eigenvalue weighted by Gasteiger charge is 2.08. The molecule has 1 saturated heterocycles. The van der Waals surface area contributed by atoms with E-state index < -0.39 is 0 Å². The molecular formula is C15H21ClN4OS. The van der Waals surface area contributed by atoms with Crippen LogP contribution in [0.1, 0.15) is 12.0 Å². The Morgan fingerprint density at radius 1 is 1.41 bits per heavy atom. The normalized spacial score (nSPS) is 15.9. The highest BCUT2D eigenvalue weighted by molar-refractivity contribution is 7.80. The summed E-state index contributed by atoms with van der Waals surface area (Å²) < 4.78 is 5.32. The van der Waals surface area contributed by atoms with Crippen LogP contribution < -0.4 is 10.7 Å². The van der Waals surface area contributed by atoms with Crippen molar-refractivity contribution in [2.45, 2.75) is 6.42 Å². The second-order valence-electron chi connectivity index (χ2n) is 4.99. The standard InChI is InChI=1S/C15H21ClN4OS/c16-14-4-1-3-13(11-14)12-18-19-15(22)17-5-2-6-20-7-9-21-10-8-20/h1,3-4,11-12H,2,5-10H2,(H2,17,19,22)/b18-12-. The number of hydrogen-bond donors (Lipinski definition) is 2. The molecule has 0 bridgehead atoms. The fourth-order valence-electron chi connectivity index (χ4n) is 2.12. The van der Waals surface area contributed by atoms with Crippen LogP contribution in [0.2, 0.25) is 5.02 Å². The van der Waals surface area contributed by atoms with Crippen LogP contribution in [0.4, 0.5) is 0 Å². The van der Waals surface area contributed by atoms with Gasteiger partial charge in [0.25, 0.3) is 0 Å². The van der Waals surface area contributed by atoms with Crippen molar-refractivity contribution in [2.24, 2.45) is 5.10 Å². The largest absolute Gasteiger partial charge is 0.379 e. The molecule has 0 aromatic heterocycles. The lowest BCUT2D eigenvalue weighted by Crippen LogP contribution is -2.39. The second kappa shape index (κ2) is 9.74. The second-order valence-corrected chi connectivity index (χ2v) is 5.83. The Morgan fingerprint density at radius 2 is 2.23 bits per heavy atom. The highest BCUT2D eigenvalue weighted by Crippen LogP contribution is 2.08. The summed E-state index contributed by atoms with van der Waals surface area (Å²) in [6.07, 6.45) is 2.73. The number of benzene rings is 1. The molecule has 0 amide bonds. The Hall–Kier alpha value is -1.21. The van der Waals surface area contributed by atoms with E-state index in [1.54, 1.807) is 6.21 Å². The van der Waals surface area contributed by atoms with E-state index in [1.165, 1.54) is 0 Å². The molecule has 0 atom stereocenters. The molecule has 2 N–H and O–H groups in total. The van der Waals surface area contributed by atoms with E-state index in [0.29, 0.717) is 10.1 Å². The van der Waals surface area contributed by atoms with Crippen molar-refractivity contribution < 1.29 is 4.74 Å². The van der Waals surface area contributed by atoms with Gasteiger partial charge in [0.15, 0.2) is 5.11 Å². The van der Waals surface area contributed by atoms with Crippen LogP contribution in [0, 0.1) is 0 Å². The molecule has 1 aromatic carbocycles. The van der Waals surface area contributed by atoms with E-state index >= 15 is 0 Å². The molecule has 1 fully saturated rings. The Kier molecular flexibility index (Phi) is 7.59. The van der Waals surface area contributed by atoms with Gasteiger partial charge in [0.1, 0.15) is 0 Å². The number of nitrogens with zero attached hydrogens (tertiary/aromatic N) is 2. The molecule has 0 unspecified atom stereocenters. The molecule has 2 rings (SSSR count). The number of thiocarbonyl (C=S) groups is 1. The first-order valence-electron chi connectivity index (χ1n) is 7.36. The average molecular weight is 341 g/mol. The zero-order valence-electron chi connectivity index (χ0n) is 12.4. The maximum absolute atomic E-state index is 5.90. The molecular weight excluding hydrogens is 320 g/mol. The van der Waals surface area contributed by atoms with Gasteiger partial charge in [0.05, 0.1) is 19.4 Å². The first-order chi connectivity index (χ1) is 10.7. The number of nitrogens with one attached hydrogen (secondary N) is 2. The number of halogens is 1. The number of morpholine rings is 1. The minimum Gasteiger partial charge on any atom is -0.379 e. The maximum atomic E-state index is 5.90. The van der Waals surface area contributed by atoms with Crippen LogP contribution in [0.15, 0.2) is 29.4 Å². The first-order valence-corrected chi connectivity index (χ1v) is 8.15. The fourth-order valence-corrected chi connectivity index (χ4v) is 2.47. The highest BCUT2D eigenvalue weighted by atomic mass is 35.5. The summed E-state index contributed by atoms with van der Waals surface area (Å²) in [6, 6.07) is 7.47. The monoisotopic (exact) mass is 340 g/mol. The summed E-state index contributed by atoms with van der Waals surface area (Å²) in [6.45, 7) is 5.61. The topological polar surface area (TPSA) is 48.9 Å². The van der Waals surface area contributed by atoms with Crippen molar-refractivity contribution in [3.05, 3.63) is 34.9 Å². The van der Waals surface area contributed by atoms with Gasteiger partial charge in [-0.2, -0.15) is 5.10 Å². The van der Waals surface area contributed by atoms with Gasteiger partial charge in [0, 0.05) is 24.7 Å². The van der Waals surface area contributed by atoms with Gasteiger partial charge in [-0.3, -0.25) is 10.3 Å². The fraction of sp³-hybridized carbons (Fsp3) is 0.467. The van der Waals surface area contributed by atoms with Crippen molar-refractivity contribution in [3.63, 3.8) is 0 Å². The minimum atomic E-state index is 0.528. The van der Waals surface area contributed by atoms with Gasteiger partial charge >= 0.3 is 0 Å². The van der Waals surface area contributed by atoms with E-state index in [1.807, 2.05) is 24.3 Å². The molecule has 120 valence electrons. The summed E-state index contributed by atoms with van der Waals surface area (Å²) in [5.41, 5.74) is 3.73. The Balaban J connectivity index is 1.57. The number of ether oxygens (including phenoxy) is 1. The smallest absolute Gasteiger partial charge is 0.186 e. The van der Waals surface area contributed by atoms with Gasteiger partial charge in [-0.25, -0.2) is 0 Å². The van der Waals surface area contributed by atoms with Crippen LogP contribution in [0.3, 0.4) is 0 Å². The van der Waals surface area contributed by atoms with E-state index in [-0.39, 0.29) is 0 Å². The summed E-state index contributed by atoms with van der Waals surface area (Å²) in [5.74, 6) is 0. The van der Waals surface area contributed by atoms with Crippen LogP contribution in [-0.4, -0.2) is 55.6 Å². The summed E-state index contributed by atoms with van der Waals surface area (Å²) in [4.78, 5) is 2.40. The van der Waals surface area contributed by atoms with Crippen molar-refractivity contribution >= 4 is 35.1 Å². The lowest BCUT2D eigenvalue weighted by atomic mass is 10.2. The molecule has 0 radical (unpaired) electrons. The molecule has 0 saturated carbocycles. The summed E-state index contributed by atoms with van der Waals surface area (Å²) in [7, 11) is 0. The quantitative estimate of drug-likeness (QED) is 0.358. The molecule has 1 heterocycles. The molecule has 5 nitrogen and oxygen atoms in total. The zero-order chi connectivity index (χ0) is 15.6. The zero-order valence-corrected chi connectivity index (χ0v) is 14.0. The van der Waals surface area contributed by atoms with Crippen LogP contribution in [-0.2, 0) is 4.74 Å². The predicted octanol–water partition coefficient (Wildman–Crippen LogP) is 1.86. The Morgan fingerprint density at radius 3 is 3.00 bits per heavy atom. The Bertz CT molecular complexity index is 506. The molecule has 1 aliphatic rings. The molecule has 0 spiro atoms. The van der Waals surface area contributed by atoms with Gasteiger partial charge in [-0.1, -0.05) is 23.7 Å². The van der Waals surface area contributed by atoms with Crippen LogP contribution in [0.25, 0.3) is 0 Å². The third-order valence-corrected chi connectivity index (χ3v) is 3.74. The van der Waals surface area contributed by atoms with Crippen molar-refractivity contribution in [2.75, 3.05) is 39.4 Å². The third-order valence-electron chi connectivity index (χ3n) is 3.27. The number of rotatable bonds is 6. The number of hydrazone groups is 1. The van der Waals surface area contributed by atoms with Crippen LogP contribution in [0.5, 0.6) is 0 Å². The number of hydrogen-bond acceptors (Lipinski definition) is 4. The van der Waals surface area contributed by atoms with E-state index in [0.717, 1.165) is 51.4 Å². The predicted molar refractivity (Wildman–Crippen MR) is 94.7 cm³/mol. The van der Waals surface area contributed by atoms with Crippen molar-refractivity contribution in [1.82, 2.24) is 15.6 Å². The van der Waals surface area contributed by atoms with Gasteiger partial charge < -0.3 is 10.1 Å². The third kappa shape index (κ3) is 6.70. The van der Waals surface area contributed by atoms with Crippen molar-refractivity contribution in [3.8, 4) is 0 Å². The average Bonchev–Trinajstić information content (AvgIpc) is 2.53.